The van der Waals surface area contributed by atoms with Crippen LogP contribution in [0.15, 0.2) is 24.3 Å². The highest BCUT2D eigenvalue weighted by Crippen LogP contribution is 2.19. The summed E-state index contributed by atoms with van der Waals surface area (Å²) < 4.78 is 0. The summed E-state index contributed by atoms with van der Waals surface area (Å²) >= 11 is 0. The topological polar surface area (TPSA) is 43.8 Å². The molecule has 23 heavy (non-hydrogen) atoms. The molecule has 0 radical (unpaired) electrons. The van der Waals surface area contributed by atoms with Crippen LogP contribution in [-0.4, -0.2) is 59.6 Å². The number of piperidine rings is 1. The second-order valence-electron chi connectivity index (χ2n) is 7.46. The van der Waals surface area contributed by atoms with Crippen molar-refractivity contribution in [3.05, 3.63) is 35.4 Å². The summed E-state index contributed by atoms with van der Waals surface area (Å²) in [6, 6.07) is 8.16. The molecule has 4 nitrogen and oxygen atoms in total. The lowest BCUT2D eigenvalue weighted by atomic mass is 9.97. The van der Waals surface area contributed by atoms with Crippen molar-refractivity contribution in [1.29, 1.82) is 0 Å². The van der Waals surface area contributed by atoms with E-state index in [0.717, 1.165) is 43.5 Å². The molecule has 1 saturated heterocycles. The minimum absolute atomic E-state index is 0.102. The lowest BCUT2D eigenvalue weighted by Crippen LogP contribution is -2.44. The van der Waals surface area contributed by atoms with Gasteiger partial charge in [-0.2, -0.15) is 0 Å². The van der Waals surface area contributed by atoms with Crippen LogP contribution in [0.1, 0.15) is 49.0 Å². The molecule has 1 fully saturated rings. The summed E-state index contributed by atoms with van der Waals surface area (Å²) in [6.07, 6.45) is 3.55. The summed E-state index contributed by atoms with van der Waals surface area (Å²) in [5.74, 6) is 0.102. The van der Waals surface area contributed by atoms with E-state index in [2.05, 4.69) is 11.9 Å². The predicted octanol–water partition coefficient (Wildman–Crippen LogP) is 2.56. The van der Waals surface area contributed by atoms with Crippen LogP contribution in [0, 0.1) is 0 Å². The van der Waals surface area contributed by atoms with E-state index in [9.17, 15) is 9.90 Å². The Balaban J connectivity index is 2.01. The smallest absolute Gasteiger partial charge is 0.253 e. The van der Waals surface area contributed by atoms with Gasteiger partial charge in [0.1, 0.15) is 0 Å². The molecule has 1 heterocycles. The Morgan fingerprint density at radius 2 is 2.00 bits per heavy atom. The monoisotopic (exact) mass is 318 g/mol. The van der Waals surface area contributed by atoms with Crippen LogP contribution in [0.25, 0.3) is 0 Å². The molecule has 0 bridgehead atoms. The molecule has 1 aromatic rings. The Labute approximate surface area is 140 Å². The Morgan fingerprint density at radius 3 is 2.61 bits per heavy atom. The maximum Gasteiger partial charge on any atom is 0.253 e. The van der Waals surface area contributed by atoms with Crippen molar-refractivity contribution in [1.82, 2.24) is 9.80 Å². The Kier molecular flexibility index (Phi) is 5.82. The van der Waals surface area contributed by atoms with Crippen LogP contribution < -0.4 is 0 Å². The Bertz CT molecular complexity index is 528. The van der Waals surface area contributed by atoms with E-state index in [1.54, 1.807) is 0 Å². The number of likely N-dealkylation sites (tertiary alicyclic amines) is 1. The summed E-state index contributed by atoms with van der Waals surface area (Å²) in [7, 11) is 4.05. The Morgan fingerprint density at radius 1 is 1.35 bits per heavy atom. The molecular formula is C19H30N2O2. The van der Waals surface area contributed by atoms with Gasteiger partial charge in [0.25, 0.3) is 5.91 Å². The van der Waals surface area contributed by atoms with Crippen molar-refractivity contribution in [2.24, 2.45) is 0 Å². The molecule has 0 unspecified atom stereocenters. The zero-order chi connectivity index (χ0) is 17.0. The quantitative estimate of drug-likeness (QED) is 0.907. The normalized spacial score (nSPS) is 17.3. The number of nitrogens with zero attached hydrogens (tertiary/aromatic N) is 2. The summed E-state index contributed by atoms with van der Waals surface area (Å²) in [4.78, 5) is 17.0. The zero-order valence-electron chi connectivity index (χ0n) is 14.9. The lowest BCUT2D eigenvalue weighted by molar-refractivity contribution is 0.0659. The number of aliphatic hydroxyl groups is 1. The number of carbonyl (C=O) groups excluding carboxylic acids is 1. The fourth-order valence-electron chi connectivity index (χ4n) is 3.06. The average Bonchev–Trinajstić information content (AvgIpc) is 2.52. The van der Waals surface area contributed by atoms with Crippen LogP contribution in [0.4, 0.5) is 0 Å². The first-order chi connectivity index (χ1) is 10.8. The number of hydrogen-bond donors (Lipinski definition) is 1. The van der Waals surface area contributed by atoms with E-state index in [1.807, 2.05) is 50.1 Å². The number of amides is 1. The van der Waals surface area contributed by atoms with Crippen molar-refractivity contribution < 1.29 is 9.90 Å². The van der Waals surface area contributed by atoms with Crippen LogP contribution >= 0.6 is 0 Å². The molecule has 1 aliphatic heterocycles. The minimum atomic E-state index is -0.676. The second kappa shape index (κ2) is 7.45. The molecule has 0 atom stereocenters. The molecule has 1 amide bonds. The highest BCUT2D eigenvalue weighted by molar-refractivity contribution is 5.94. The van der Waals surface area contributed by atoms with Gasteiger partial charge < -0.3 is 14.9 Å². The molecule has 2 rings (SSSR count). The van der Waals surface area contributed by atoms with Gasteiger partial charge in [-0.3, -0.25) is 4.79 Å². The van der Waals surface area contributed by atoms with Gasteiger partial charge in [0.15, 0.2) is 0 Å². The highest BCUT2D eigenvalue weighted by atomic mass is 16.3. The lowest BCUT2D eigenvalue weighted by Gasteiger charge is -2.35. The highest BCUT2D eigenvalue weighted by Gasteiger charge is 2.24. The van der Waals surface area contributed by atoms with Crippen molar-refractivity contribution in [3.63, 3.8) is 0 Å². The molecular weight excluding hydrogens is 288 g/mol. The number of aryl methyl sites for hydroxylation is 1. The van der Waals surface area contributed by atoms with Gasteiger partial charge in [0.2, 0.25) is 0 Å². The first-order valence-corrected chi connectivity index (χ1v) is 8.53. The van der Waals surface area contributed by atoms with Gasteiger partial charge in [-0.15, -0.1) is 0 Å². The van der Waals surface area contributed by atoms with Gasteiger partial charge >= 0.3 is 0 Å². The summed E-state index contributed by atoms with van der Waals surface area (Å²) in [5.41, 5.74) is 1.18. The van der Waals surface area contributed by atoms with E-state index < -0.39 is 5.60 Å². The van der Waals surface area contributed by atoms with Crippen LogP contribution in [0.3, 0.4) is 0 Å². The van der Waals surface area contributed by atoms with E-state index in [0.29, 0.717) is 12.5 Å². The van der Waals surface area contributed by atoms with Crippen molar-refractivity contribution in [2.75, 3.05) is 27.2 Å². The number of carbonyl (C=O) groups is 1. The standard InChI is InChI=1S/C19H30N2O2/c1-19(2,23)11-8-15-6-5-7-16(14-15)18(22)21(4)17-9-12-20(3)13-10-17/h5-7,14,17,23H,8-13H2,1-4H3. The predicted molar refractivity (Wildman–Crippen MR) is 93.7 cm³/mol. The van der Waals surface area contributed by atoms with Gasteiger partial charge in [-0.1, -0.05) is 12.1 Å². The molecule has 0 spiro atoms. The largest absolute Gasteiger partial charge is 0.390 e. The third-order valence-corrected chi connectivity index (χ3v) is 4.76. The SMILES string of the molecule is CN1CCC(N(C)C(=O)c2cccc(CCC(C)(C)O)c2)CC1. The van der Waals surface area contributed by atoms with E-state index in [1.165, 1.54) is 0 Å². The third-order valence-electron chi connectivity index (χ3n) is 4.76. The molecule has 0 saturated carbocycles. The van der Waals surface area contributed by atoms with Crippen molar-refractivity contribution in [2.45, 2.75) is 51.2 Å². The van der Waals surface area contributed by atoms with Crippen molar-refractivity contribution >= 4 is 5.91 Å². The van der Waals surface area contributed by atoms with Gasteiger partial charge in [0.05, 0.1) is 5.60 Å². The van der Waals surface area contributed by atoms with Gasteiger partial charge in [0, 0.05) is 18.7 Å². The van der Waals surface area contributed by atoms with Gasteiger partial charge in [-0.05, 0) is 77.4 Å². The second-order valence-corrected chi connectivity index (χ2v) is 7.46. The number of rotatable bonds is 5. The van der Waals surface area contributed by atoms with Crippen molar-refractivity contribution in [3.8, 4) is 0 Å². The van der Waals surface area contributed by atoms with E-state index in [4.69, 9.17) is 0 Å². The van der Waals surface area contributed by atoms with E-state index in [-0.39, 0.29) is 5.91 Å². The van der Waals surface area contributed by atoms with Gasteiger partial charge in [-0.25, -0.2) is 0 Å². The minimum Gasteiger partial charge on any atom is -0.390 e. The third kappa shape index (κ3) is 5.33. The van der Waals surface area contributed by atoms with Crippen LogP contribution in [-0.2, 0) is 6.42 Å². The summed E-state index contributed by atoms with van der Waals surface area (Å²) in [6.45, 7) is 5.73. The molecule has 0 aromatic heterocycles. The maximum absolute atomic E-state index is 12.7. The summed E-state index contributed by atoms with van der Waals surface area (Å²) in [5, 5.41) is 9.86. The maximum atomic E-state index is 12.7. The molecule has 4 heteroatoms. The fraction of sp³-hybridized carbons (Fsp3) is 0.632. The van der Waals surface area contributed by atoms with Crippen LogP contribution in [0.5, 0.6) is 0 Å². The molecule has 1 aliphatic rings. The first kappa shape index (κ1) is 18.0. The molecule has 128 valence electrons. The average molecular weight is 318 g/mol. The fourth-order valence-corrected chi connectivity index (χ4v) is 3.06. The number of hydrogen-bond acceptors (Lipinski definition) is 3. The Hall–Kier alpha value is -1.39. The molecule has 1 N–H and O–H groups in total. The van der Waals surface area contributed by atoms with E-state index >= 15 is 0 Å². The number of benzene rings is 1. The first-order valence-electron chi connectivity index (χ1n) is 8.53. The van der Waals surface area contributed by atoms with Crippen LogP contribution in [0.2, 0.25) is 0 Å². The molecule has 1 aromatic carbocycles. The molecule has 0 aliphatic carbocycles. The zero-order valence-corrected chi connectivity index (χ0v) is 14.9.